The maximum absolute atomic E-state index is 12.7. The fraction of sp³-hybridized carbons (Fsp3) is 0.250. The summed E-state index contributed by atoms with van der Waals surface area (Å²) in [5.41, 5.74) is 4.56. The lowest BCUT2D eigenvalue weighted by Crippen LogP contribution is -2.25. The number of aromatic nitrogens is 2. The van der Waals surface area contributed by atoms with E-state index in [4.69, 9.17) is 0 Å². The van der Waals surface area contributed by atoms with Crippen molar-refractivity contribution in [3.63, 3.8) is 0 Å². The van der Waals surface area contributed by atoms with Crippen molar-refractivity contribution >= 4 is 0 Å². The second-order valence-corrected chi connectivity index (χ2v) is 6.90. The van der Waals surface area contributed by atoms with Gasteiger partial charge in [0.25, 0.3) is 5.56 Å². The van der Waals surface area contributed by atoms with Crippen molar-refractivity contribution in [2.24, 2.45) is 0 Å². The van der Waals surface area contributed by atoms with Gasteiger partial charge in [-0.05, 0) is 33.3 Å². The molecule has 0 aliphatic rings. The van der Waals surface area contributed by atoms with Crippen LogP contribution in [-0.4, -0.2) is 9.78 Å². The Hall–Kier alpha value is -2.55. The van der Waals surface area contributed by atoms with Crippen molar-refractivity contribution in [3.05, 3.63) is 70.5 Å². The van der Waals surface area contributed by atoms with Crippen LogP contribution in [0.1, 0.15) is 26.3 Å². The van der Waals surface area contributed by atoms with Crippen molar-refractivity contribution in [1.82, 2.24) is 9.78 Å². The predicted octanol–water partition coefficient (Wildman–Crippen LogP) is 4.57. The SMILES string of the molecule is Cc1ccc(-c2c(-c3ccccc3)n(C(C)(C)C)[nH]c2=O)cc1. The zero-order valence-corrected chi connectivity index (χ0v) is 14.1. The third-order valence-corrected chi connectivity index (χ3v) is 3.96. The number of nitrogens with zero attached hydrogens (tertiary/aromatic N) is 1. The Kier molecular flexibility index (Phi) is 3.72. The summed E-state index contributed by atoms with van der Waals surface area (Å²) >= 11 is 0. The average molecular weight is 306 g/mol. The minimum atomic E-state index is -0.215. The van der Waals surface area contributed by atoms with Gasteiger partial charge in [-0.25, -0.2) is 0 Å². The van der Waals surface area contributed by atoms with Crippen LogP contribution < -0.4 is 5.56 Å². The maximum atomic E-state index is 12.7. The quantitative estimate of drug-likeness (QED) is 0.739. The van der Waals surface area contributed by atoms with Gasteiger partial charge in [0.2, 0.25) is 0 Å². The summed E-state index contributed by atoms with van der Waals surface area (Å²) in [6, 6.07) is 18.2. The van der Waals surface area contributed by atoms with Gasteiger partial charge in [0.1, 0.15) is 0 Å². The molecular formula is C20H22N2O. The Morgan fingerprint density at radius 3 is 2.04 bits per heavy atom. The third-order valence-electron chi connectivity index (χ3n) is 3.96. The summed E-state index contributed by atoms with van der Waals surface area (Å²) < 4.78 is 1.97. The Morgan fingerprint density at radius 2 is 1.48 bits per heavy atom. The molecule has 118 valence electrons. The molecule has 2 aromatic carbocycles. The van der Waals surface area contributed by atoms with Crippen molar-refractivity contribution in [2.45, 2.75) is 33.2 Å². The Bertz CT molecular complexity index is 863. The fourth-order valence-electron chi connectivity index (χ4n) is 2.79. The minimum absolute atomic E-state index is 0.0531. The number of aromatic amines is 1. The first-order chi connectivity index (χ1) is 10.9. The molecule has 0 aliphatic carbocycles. The summed E-state index contributed by atoms with van der Waals surface area (Å²) in [7, 11) is 0. The molecule has 0 saturated carbocycles. The van der Waals surface area contributed by atoms with Gasteiger partial charge in [-0.15, -0.1) is 0 Å². The highest BCUT2D eigenvalue weighted by Crippen LogP contribution is 2.32. The van der Waals surface area contributed by atoms with Gasteiger partial charge in [0.15, 0.2) is 0 Å². The van der Waals surface area contributed by atoms with E-state index in [1.165, 1.54) is 5.56 Å². The lowest BCUT2D eigenvalue weighted by molar-refractivity contribution is 0.358. The van der Waals surface area contributed by atoms with E-state index in [2.05, 4.69) is 25.9 Å². The molecule has 1 aromatic heterocycles. The Balaban J connectivity index is 2.34. The van der Waals surface area contributed by atoms with Crippen molar-refractivity contribution in [3.8, 4) is 22.4 Å². The molecule has 3 nitrogen and oxygen atoms in total. The molecule has 1 N–H and O–H groups in total. The predicted molar refractivity (Wildman–Crippen MR) is 95.7 cm³/mol. The highest BCUT2D eigenvalue weighted by atomic mass is 16.1. The van der Waals surface area contributed by atoms with Gasteiger partial charge in [0, 0.05) is 5.56 Å². The van der Waals surface area contributed by atoms with E-state index in [0.717, 1.165) is 22.4 Å². The molecule has 3 rings (SSSR count). The Labute approximate surface area is 136 Å². The van der Waals surface area contributed by atoms with Gasteiger partial charge >= 0.3 is 0 Å². The normalized spacial score (nSPS) is 11.7. The molecular weight excluding hydrogens is 284 g/mol. The third kappa shape index (κ3) is 2.87. The number of H-pyrrole nitrogens is 1. The van der Waals surface area contributed by atoms with E-state index in [0.29, 0.717) is 0 Å². The van der Waals surface area contributed by atoms with Crippen LogP contribution in [0.4, 0.5) is 0 Å². The van der Waals surface area contributed by atoms with Crippen molar-refractivity contribution in [2.75, 3.05) is 0 Å². The molecule has 3 heteroatoms. The lowest BCUT2D eigenvalue weighted by Gasteiger charge is -2.24. The van der Waals surface area contributed by atoms with Crippen LogP contribution >= 0.6 is 0 Å². The van der Waals surface area contributed by atoms with Crippen LogP contribution in [0.2, 0.25) is 0 Å². The minimum Gasteiger partial charge on any atom is -0.279 e. The summed E-state index contributed by atoms with van der Waals surface area (Å²) in [5.74, 6) is 0. The summed E-state index contributed by atoms with van der Waals surface area (Å²) in [5, 5.41) is 3.03. The molecule has 3 aromatic rings. The van der Waals surface area contributed by atoms with E-state index < -0.39 is 0 Å². The molecule has 0 aliphatic heterocycles. The fourth-order valence-corrected chi connectivity index (χ4v) is 2.79. The first-order valence-electron chi connectivity index (χ1n) is 7.86. The number of benzene rings is 2. The maximum Gasteiger partial charge on any atom is 0.272 e. The van der Waals surface area contributed by atoms with Crippen molar-refractivity contribution in [1.29, 1.82) is 0 Å². The number of hydrogen-bond donors (Lipinski definition) is 1. The van der Waals surface area contributed by atoms with E-state index in [1.807, 2.05) is 66.2 Å². The van der Waals surface area contributed by atoms with Gasteiger partial charge in [-0.2, -0.15) is 0 Å². The molecule has 0 saturated heterocycles. The zero-order chi connectivity index (χ0) is 16.6. The second-order valence-electron chi connectivity index (χ2n) is 6.90. The van der Waals surface area contributed by atoms with Crippen molar-refractivity contribution < 1.29 is 0 Å². The van der Waals surface area contributed by atoms with Gasteiger partial charge in [-0.1, -0.05) is 60.2 Å². The first-order valence-corrected chi connectivity index (χ1v) is 7.86. The Morgan fingerprint density at radius 1 is 0.870 bits per heavy atom. The largest absolute Gasteiger partial charge is 0.279 e. The van der Waals surface area contributed by atoms with Gasteiger partial charge in [0.05, 0.1) is 16.8 Å². The number of nitrogens with one attached hydrogen (secondary N) is 1. The zero-order valence-electron chi connectivity index (χ0n) is 14.1. The van der Waals surface area contributed by atoms with Crippen LogP contribution in [0, 0.1) is 6.92 Å². The average Bonchev–Trinajstić information content (AvgIpc) is 2.87. The first kappa shape index (κ1) is 15.3. The highest BCUT2D eigenvalue weighted by molar-refractivity contribution is 5.80. The molecule has 0 bridgehead atoms. The number of aryl methyl sites for hydroxylation is 1. The lowest BCUT2D eigenvalue weighted by atomic mass is 9.99. The molecule has 0 atom stereocenters. The van der Waals surface area contributed by atoms with Crippen LogP contribution in [0.3, 0.4) is 0 Å². The standard InChI is InChI=1S/C20H22N2O/c1-14-10-12-15(13-11-14)17-18(16-8-6-5-7-9-16)22(20(2,3)4)21-19(17)23/h5-13H,1-4H3,(H,21,23). The topological polar surface area (TPSA) is 37.8 Å². The number of rotatable bonds is 2. The molecule has 0 fully saturated rings. The molecule has 0 unspecified atom stereocenters. The van der Waals surface area contributed by atoms with Crippen LogP contribution in [0.25, 0.3) is 22.4 Å². The molecule has 1 heterocycles. The summed E-state index contributed by atoms with van der Waals surface area (Å²) in [6.45, 7) is 8.32. The van der Waals surface area contributed by atoms with E-state index >= 15 is 0 Å². The van der Waals surface area contributed by atoms with E-state index in [-0.39, 0.29) is 11.1 Å². The van der Waals surface area contributed by atoms with Crippen LogP contribution in [0.5, 0.6) is 0 Å². The molecule has 23 heavy (non-hydrogen) atoms. The molecule has 0 spiro atoms. The number of hydrogen-bond acceptors (Lipinski definition) is 1. The van der Waals surface area contributed by atoms with E-state index in [1.54, 1.807) is 0 Å². The molecule has 0 radical (unpaired) electrons. The highest BCUT2D eigenvalue weighted by Gasteiger charge is 2.24. The van der Waals surface area contributed by atoms with E-state index in [9.17, 15) is 4.79 Å². The summed E-state index contributed by atoms with van der Waals surface area (Å²) in [4.78, 5) is 12.7. The van der Waals surface area contributed by atoms with Gasteiger partial charge < -0.3 is 0 Å². The molecule has 0 amide bonds. The summed E-state index contributed by atoms with van der Waals surface area (Å²) in [6.07, 6.45) is 0. The second kappa shape index (κ2) is 5.58. The van der Waals surface area contributed by atoms with Crippen LogP contribution in [-0.2, 0) is 5.54 Å². The monoisotopic (exact) mass is 306 g/mol. The van der Waals surface area contributed by atoms with Gasteiger partial charge in [-0.3, -0.25) is 14.6 Å². The van der Waals surface area contributed by atoms with Crippen LogP contribution in [0.15, 0.2) is 59.4 Å². The smallest absolute Gasteiger partial charge is 0.272 e.